The van der Waals surface area contributed by atoms with Crippen molar-refractivity contribution in [3.63, 3.8) is 0 Å². The van der Waals surface area contributed by atoms with Crippen LogP contribution in [0.3, 0.4) is 0 Å². The number of hydrogen-bond donors (Lipinski definition) is 0. The highest BCUT2D eigenvalue weighted by Crippen LogP contribution is 2.23. The predicted octanol–water partition coefficient (Wildman–Crippen LogP) is 3.79. The molecule has 0 bridgehead atoms. The van der Waals surface area contributed by atoms with E-state index in [1.165, 1.54) is 18.4 Å². The molecule has 0 saturated carbocycles. The highest BCUT2D eigenvalue weighted by molar-refractivity contribution is 5.99. The molecule has 0 aliphatic carbocycles. The molecule has 0 N–H and O–H groups in total. The molecule has 3 rings (SSSR count). The molecule has 30 heavy (non-hydrogen) atoms. The largest absolute Gasteiger partial charge is 0.496 e. The molecule has 1 saturated heterocycles. The van der Waals surface area contributed by atoms with Gasteiger partial charge in [0.2, 0.25) is 0 Å². The Morgan fingerprint density at radius 1 is 1.10 bits per heavy atom. The summed E-state index contributed by atoms with van der Waals surface area (Å²) in [5.74, 6) is 1.58. The molecule has 5 nitrogen and oxygen atoms in total. The topological polar surface area (TPSA) is 36.0 Å². The summed E-state index contributed by atoms with van der Waals surface area (Å²) in [5, 5.41) is 0. The Morgan fingerprint density at radius 2 is 1.83 bits per heavy atom. The number of amides is 1. The summed E-state index contributed by atoms with van der Waals surface area (Å²) in [6, 6.07) is 16.1. The van der Waals surface area contributed by atoms with Crippen LogP contribution in [0, 0.1) is 5.92 Å². The Bertz CT molecular complexity index is 837. The van der Waals surface area contributed by atoms with Crippen LogP contribution >= 0.6 is 0 Å². The molecule has 1 heterocycles. The van der Waals surface area contributed by atoms with Crippen molar-refractivity contribution in [1.29, 1.82) is 0 Å². The van der Waals surface area contributed by atoms with Gasteiger partial charge in [0.25, 0.3) is 5.91 Å². The molecule has 0 aromatic heterocycles. The van der Waals surface area contributed by atoms with Crippen LogP contribution in [0.2, 0.25) is 0 Å². The van der Waals surface area contributed by atoms with E-state index in [0.29, 0.717) is 5.92 Å². The average molecular weight is 410 g/mol. The van der Waals surface area contributed by atoms with Crippen LogP contribution in [-0.2, 0) is 6.42 Å². The lowest BCUT2D eigenvalue weighted by atomic mass is 9.96. The van der Waals surface area contributed by atoms with Gasteiger partial charge in [0.05, 0.1) is 12.7 Å². The van der Waals surface area contributed by atoms with Crippen LogP contribution in [-0.4, -0.2) is 70.1 Å². The molecule has 1 aliphatic heterocycles. The van der Waals surface area contributed by atoms with Gasteiger partial charge in [-0.05, 0) is 55.5 Å². The molecular weight excluding hydrogens is 374 g/mol. The van der Waals surface area contributed by atoms with E-state index in [1.54, 1.807) is 7.11 Å². The van der Waals surface area contributed by atoms with Gasteiger partial charge in [0.15, 0.2) is 0 Å². The molecule has 1 unspecified atom stereocenters. The van der Waals surface area contributed by atoms with Crippen LogP contribution < -0.4 is 9.64 Å². The monoisotopic (exact) mass is 409 g/mol. The lowest BCUT2D eigenvalue weighted by Gasteiger charge is -2.35. The van der Waals surface area contributed by atoms with Crippen molar-refractivity contribution < 1.29 is 9.53 Å². The number of benzene rings is 2. The summed E-state index contributed by atoms with van der Waals surface area (Å²) in [4.78, 5) is 19.5. The molecule has 1 amide bonds. The number of carbonyl (C=O) groups excluding carboxylic acids is 1. The molecular formula is C25H35N3O2. The summed E-state index contributed by atoms with van der Waals surface area (Å²) >= 11 is 0. The van der Waals surface area contributed by atoms with Crippen molar-refractivity contribution in [3.8, 4) is 5.75 Å². The Hall–Kier alpha value is -2.53. The van der Waals surface area contributed by atoms with Crippen molar-refractivity contribution in [2.45, 2.75) is 19.3 Å². The number of anilines is 1. The number of nitrogens with zero attached hydrogens (tertiary/aromatic N) is 3. The fraction of sp³-hybridized carbons (Fsp3) is 0.480. The number of carbonyl (C=O) groups is 1. The molecule has 1 aliphatic rings. The van der Waals surface area contributed by atoms with Gasteiger partial charge in [0.1, 0.15) is 5.75 Å². The Kier molecular flexibility index (Phi) is 7.75. The smallest absolute Gasteiger partial charge is 0.255 e. The zero-order valence-corrected chi connectivity index (χ0v) is 18.8. The van der Waals surface area contributed by atoms with Crippen LogP contribution in [0.25, 0.3) is 0 Å². The molecule has 0 spiro atoms. The van der Waals surface area contributed by atoms with Gasteiger partial charge in [-0.3, -0.25) is 4.79 Å². The van der Waals surface area contributed by atoms with E-state index in [-0.39, 0.29) is 5.91 Å². The first-order valence-corrected chi connectivity index (χ1v) is 10.9. The second kappa shape index (κ2) is 10.5. The van der Waals surface area contributed by atoms with E-state index in [4.69, 9.17) is 4.74 Å². The van der Waals surface area contributed by atoms with Gasteiger partial charge in [-0.15, -0.1) is 0 Å². The lowest BCUT2D eigenvalue weighted by molar-refractivity contribution is 0.0731. The maximum absolute atomic E-state index is 13.1. The minimum absolute atomic E-state index is 0.102. The number of rotatable bonds is 8. The Morgan fingerprint density at radius 3 is 2.60 bits per heavy atom. The maximum atomic E-state index is 13.1. The van der Waals surface area contributed by atoms with E-state index in [1.807, 2.05) is 67.3 Å². The second-order valence-electron chi connectivity index (χ2n) is 8.47. The van der Waals surface area contributed by atoms with Crippen molar-refractivity contribution in [3.05, 3.63) is 59.7 Å². The lowest BCUT2D eigenvalue weighted by Crippen LogP contribution is -2.42. The third-order valence-electron chi connectivity index (χ3n) is 5.99. The molecule has 162 valence electrons. The van der Waals surface area contributed by atoms with Gasteiger partial charge in [0, 0.05) is 46.5 Å². The molecule has 5 heteroatoms. The Balaban J connectivity index is 1.56. The van der Waals surface area contributed by atoms with Crippen molar-refractivity contribution >= 4 is 11.6 Å². The highest BCUT2D eigenvalue weighted by atomic mass is 16.5. The number of piperidine rings is 1. The molecule has 0 radical (unpaired) electrons. The zero-order chi connectivity index (χ0) is 21.5. The van der Waals surface area contributed by atoms with E-state index < -0.39 is 0 Å². The zero-order valence-electron chi connectivity index (χ0n) is 18.8. The summed E-state index contributed by atoms with van der Waals surface area (Å²) < 4.78 is 5.49. The summed E-state index contributed by atoms with van der Waals surface area (Å²) in [7, 11) is 7.62. The normalized spacial score (nSPS) is 16.9. The summed E-state index contributed by atoms with van der Waals surface area (Å²) in [6.07, 6.45) is 3.35. The molecule has 1 fully saturated rings. The van der Waals surface area contributed by atoms with Crippen molar-refractivity contribution in [2.24, 2.45) is 5.92 Å². The minimum atomic E-state index is 0.102. The number of ether oxygens (including phenoxy) is 1. The van der Waals surface area contributed by atoms with E-state index >= 15 is 0 Å². The third kappa shape index (κ3) is 5.54. The van der Waals surface area contributed by atoms with Gasteiger partial charge >= 0.3 is 0 Å². The van der Waals surface area contributed by atoms with Gasteiger partial charge in [-0.2, -0.15) is 0 Å². The van der Waals surface area contributed by atoms with E-state index in [0.717, 1.165) is 49.6 Å². The summed E-state index contributed by atoms with van der Waals surface area (Å²) in [6.45, 7) is 4.00. The number of likely N-dealkylation sites (tertiary alicyclic amines) is 1. The quantitative estimate of drug-likeness (QED) is 0.665. The Labute approximate surface area is 181 Å². The van der Waals surface area contributed by atoms with Gasteiger partial charge in [-0.25, -0.2) is 0 Å². The van der Waals surface area contributed by atoms with Gasteiger partial charge in [-0.1, -0.05) is 30.3 Å². The molecule has 2 aromatic rings. The molecule has 1 atom stereocenters. The van der Waals surface area contributed by atoms with E-state index in [2.05, 4.69) is 17.0 Å². The average Bonchev–Trinajstić information content (AvgIpc) is 2.77. The predicted molar refractivity (Wildman–Crippen MR) is 124 cm³/mol. The van der Waals surface area contributed by atoms with E-state index in [9.17, 15) is 4.79 Å². The minimum Gasteiger partial charge on any atom is -0.496 e. The first kappa shape index (κ1) is 22.2. The SMILES string of the molecule is COc1ccccc1CCN1CCCC(CN(C)C(=O)c2ccccc2N(C)C)C1. The van der Waals surface area contributed by atoms with Crippen LogP contribution in [0.1, 0.15) is 28.8 Å². The number of hydrogen-bond acceptors (Lipinski definition) is 4. The fourth-order valence-electron chi connectivity index (χ4n) is 4.41. The first-order valence-electron chi connectivity index (χ1n) is 10.9. The maximum Gasteiger partial charge on any atom is 0.255 e. The number of para-hydroxylation sites is 2. The van der Waals surface area contributed by atoms with Crippen molar-refractivity contribution in [2.75, 3.05) is 59.3 Å². The first-order chi connectivity index (χ1) is 14.5. The fourth-order valence-corrected chi connectivity index (χ4v) is 4.41. The van der Waals surface area contributed by atoms with Crippen LogP contribution in [0.5, 0.6) is 5.75 Å². The van der Waals surface area contributed by atoms with Gasteiger partial charge < -0.3 is 19.4 Å². The molecule has 2 aromatic carbocycles. The standard InChI is InChI=1S/C25H35N3O2/c1-26(2)23-13-7-6-12-22(23)25(29)27(3)18-20-10-9-16-28(19-20)17-15-21-11-5-8-14-24(21)30-4/h5-8,11-14,20H,9-10,15-19H2,1-4H3. The van der Waals surface area contributed by atoms with Crippen LogP contribution in [0.4, 0.5) is 5.69 Å². The van der Waals surface area contributed by atoms with Crippen molar-refractivity contribution in [1.82, 2.24) is 9.80 Å². The summed E-state index contributed by atoms with van der Waals surface area (Å²) in [5.41, 5.74) is 3.00. The third-order valence-corrected chi connectivity index (χ3v) is 5.99. The number of methoxy groups -OCH3 is 1. The van der Waals surface area contributed by atoms with Crippen LogP contribution in [0.15, 0.2) is 48.5 Å². The highest BCUT2D eigenvalue weighted by Gasteiger charge is 2.24. The second-order valence-corrected chi connectivity index (χ2v) is 8.47.